The van der Waals surface area contributed by atoms with Crippen molar-refractivity contribution in [2.24, 2.45) is 0 Å². The van der Waals surface area contributed by atoms with Crippen LogP contribution < -0.4 is 16.0 Å². The van der Waals surface area contributed by atoms with Crippen LogP contribution in [0.2, 0.25) is 0 Å². The van der Waals surface area contributed by atoms with E-state index in [2.05, 4.69) is 47.8 Å². The van der Waals surface area contributed by atoms with Crippen molar-refractivity contribution in [1.29, 1.82) is 0 Å². The highest BCUT2D eigenvalue weighted by atomic mass is 32.2. The van der Waals surface area contributed by atoms with E-state index in [-0.39, 0.29) is 42.4 Å². The molecule has 1 aromatic heterocycles. The van der Waals surface area contributed by atoms with Gasteiger partial charge in [-0.15, -0.1) is 29.7 Å². The second-order valence-electron chi connectivity index (χ2n) is 10.9. The van der Waals surface area contributed by atoms with Gasteiger partial charge in [0.05, 0.1) is 18.9 Å². The normalized spacial score (nSPS) is 13.0. The van der Waals surface area contributed by atoms with Crippen LogP contribution in [0.3, 0.4) is 0 Å². The number of hydrogen-bond donors (Lipinski definition) is 5. The Labute approximate surface area is 262 Å². The molecule has 1 unspecified atom stereocenters. The zero-order valence-corrected chi connectivity index (χ0v) is 27.0. The maximum atomic E-state index is 13.2. The Kier molecular flexibility index (Phi) is 15.5. The molecule has 9 nitrogen and oxygen atoms in total. The van der Waals surface area contributed by atoms with Gasteiger partial charge in [-0.05, 0) is 54.8 Å². The van der Waals surface area contributed by atoms with E-state index < -0.39 is 23.8 Å². The molecule has 0 saturated carbocycles. The summed E-state index contributed by atoms with van der Waals surface area (Å²) in [6.07, 6.45) is 7.05. The monoisotopic (exact) mass is 631 g/mol. The Morgan fingerprint density at radius 1 is 1.16 bits per heavy atom. The van der Waals surface area contributed by atoms with Crippen molar-refractivity contribution in [2.45, 2.75) is 89.5 Å². The fourth-order valence-electron chi connectivity index (χ4n) is 4.53. The maximum absolute atomic E-state index is 13.2. The molecule has 0 spiro atoms. The van der Waals surface area contributed by atoms with E-state index in [0.717, 1.165) is 42.5 Å². The average molecular weight is 632 g/mol. The molecule has 0 aliphatic carbocycles. The van der Waals surface area contributed by atoms with Gasteiger partial charge < -0.3 is 26.2 Å². The Morgan fingerprint density at radius 2 is 1.93 bits per heavy atom. The van der Waals surface area contributed by atoms with Gasteiger partial charge in [0.25, 0.3) is 0 Å². The van der Waals surface area contributed by atoms with Gasteiger partial charge >= 0.3 is 5.97 Å². The Balaban J connectivity index is 2.01. The van der Waals surface area contributed by atoms with Crippen molar-refractivity contribution >= 4 is 52.5 Å². The van der Waals surface area contributed by atoms with E-state index in [0.29, 0.717) is 17.7 Å². The quantitative estimate of drug-likeness (QED) is 0.0999. The summed E-state index contributed by atoms with van der Waals surface area (Å²) < 4.78 is -0.121. The number of allylic oxidation sites excluding steroid dienone is 1. The highest BCUT2D eigenvalue weighted by Crippen LogP contribution is 2.34. The fraction of sp³-hybridized carbons (Fsp3) is 0.500. The lowest BCUT2D eigenvalue weighted by Crippen LogP contribution is -2.48. The third-order valence-corrected chi connectivity index (χ3v) is 9.48. The van der Waals surface area contributed by atoms with E-state index >= 15 is 0 Å². The molecule has 11 heteroatoms. The molecule has 2 rings (SSSR count). The number of aryl methyl sites for hydroxylation is 1. The van der Waals surface area contributed by atoms with E-state index in [1.54, 1.807) is 23.5 Å². The number of aliphatic carboxylic acids is 1. The fourth-order valence-corrected chi connectivity index (χ4v) is 6.55. The van der Waals surface area contributed by atoms with Crippen molar-refractivity contribution in [3.63, 3.8) is 0 Å². The summed E-state index contributed by atoms with van der Waals surface area (Å²) in [4.78, 5) is 50.9. The molecule has 2 aromatic rings. The number of aliphatic hydroxyl groups is 1. The van der Waals surface area contributed by atoms with Crippen molar-refractivity contribution in [3.8, 4) is 0 Å². The molecule has 0 saturated heterocycles. The van der Waals surface area contributed by atoms with Crippen LogP contribution >= 0.6 is 23.1 Å². The lowest BCUT2D eigenvalue weighted by Gasteiger charge is -2.27. The molecule has 43 heavy (non-hydrogen) atoms. The Hall–Kier alpha value is -3.15. The second kappa shape index (κ2) is 18.5. The maximum Gasteiger partial charge on any atom is 0.303 e. The first-order valence-corrected chi connectivity index (χ1v) is 16.4. The molecule has 3 amide bonds. The van der Waals surface area contributed by atoms with E-state index in [1.807, 2.05) is 19.1 Å². The van der Waals surface area contributed by atoms with Gasteiger partial charge in [0.1, 0.15) is 6.04 Å². The highest BCUT2D eigenvalue weighted by Gasteiger charge is 2.25. The van der Waals surface area contributed by atoms with E-state index in [1.165, 1.54) is 17.3 Å². The van der Waals surface area contributed by atoms with E-state index in [4.69, 9.17) is 0 Å². The van der Waals surface area contributed by atoms with Crippen LogP contribution in [0.5, 0.6) is 0 Å². The molecule has 0 radical (unpaired) electrons. The minimum Gasteiger partial charge on any atom is -0.481 e. The molecule has 1 aromatic carbocycles. The summed E-state index contributed by atoms with van der Waals surface area (Å²) in [7, 11) is 0. The number of carbonyl (C=O) groups excluding carboxylic acids is 3. The van der Waals surface area contributed by atoms with Crippen LogP contribution in [0.4, 0.5) is 5.69 Å². The van der Waals surface area contributed by atoms with Crippen LogP contribution in [-0.2, 0) is 32.2 Å². The summed E-state index contributed by atoms with van der Waals surface area (Å²) in [5, 5.41) is 29.0. The van der Waals surface area contributed by atoms with Gasteiger partial charge in [-0.25, -0.2) is 0 Å². The smallest absolute Gasteiger partial charge is 0.303 e. The number of rotatable bonds is 20. The number of thiophene rings is 1. The lowest BCUT2D eigenvalue weighted by atomic mass is 9.99. The summed E-state index contributed by atoms with van der Waals surface area (Å²) in [5.41, 5.74) is 2.97. The number of aliphatic hydroxyl groups excluding tert-OH is 1. The first kappa shape index (κ1) is 36.0. The minimum absolute atomic E-state index is 0.121. The number of hydrogen-bond acceptors (Lipinski definition) is 7. The summed E-state index contributed by atoms with van der Waals surface area (Å²) in [6, 6.07) is 6.32. The number of amides is 3. The summed E-state index contributed by atoms with van der Waals surface area (Å²) >= 11 is 3.17. The molecular formula is C32H45N3O6S2. The zero-order chi connectivity index (χ0) is 31.8. The van der Waals surface area contributed by atoms with Crippen LogP contribution in [-0.4, -0.2) is 57.0 Å². The lowest BCUT2D eigenvalue weighted by molar-refractivity contribution is -0.137. The van der Waals surface area contributed by atoms with Gasteiger partial charge in [-0.1, -0.05) is 51.3 Å². The van der Waals surface area contributed by atoms with Gasteiger partial charge in [0, 0.05) is 33.7 Å². The average Bonchev–Trinajstić information content (AvgIpc) is 3.37. The van der Waals surface area contributed by atoms with Gasteiger partial charge in [0.2, 0.25) is 17.7 Å². The van der Waals surface area contributed by atoms with Crippen molar-refractivity contribution in [2.75, 3.05) is 17.6 Å². The number of nitrogens with one attached hydrogen (secondary N) is 3. The van der Waals surface area contributed by atoms with Gasteiger partial charge in [0.15, 0.2) is 0 Å². The summed E-state index contributed by atoms with van der Waals surface area (Å²) in [6.45, 7) is 9.46. The molecule has 236 valence electrons. The number of carboxylic acids is 1. The van der Waals surface area contributed by atoms with E-state index in [9.17, 15) is 29.4 Å². The number of thioether (sulfide) groups is 1. The van der Waals surface area contributed by atoms with Crippen LogP contribution in [0.15, 0.2) is 42.3 Å². The first-order chi connectivity index (χ1) is 20.5. The van der Waals surface area contributed by atoms with Crippen LogP contribution in [0.25, 0.3) is 0 Å². The van der Waals surface area contributed by atoms with Crippen molar-refractivity contribution in [3.05, 3.63) is 63.9 Å². The van der Waals surface area contributed by atoms with Gasteiger partial charge in [-0.3, -0.25) is 19.2 Å². The van der Waals surface area contributed by atoms with Crippen LogP contribution in [0, 0.1) is 6.92 Å². The molecule has 0 fully saturated rings. The predicted molar refractivity (Wildman–Crippen MR) is 174 cm³/mol. The Morgan fingerprint density at radius 3 is 2.56 bits per heavy atom. The largest absolute Gasteiger partial charge is 0.481 e. The standard InChI is InChI=1S/C32H45N3O6S2/c1-5-7-8-14-32(4,13-6-2)43-21-29(38)33-18-28(37)34-26(11-12-30(39)40)31(41)35-27-17-23(9-10-24(27)19-36)16-25-15-22(3)20-42-25/h6,9-10,15,17,20,26,36H,2,5,7-8,11-14,16,18-19,21H2,1,3-4H3,(H,33,38)(H,34,37)(H,35,41)(H,39,40)/t26-,32?/m0/s1. The molecule has 1 heterocycles. The number of anilines is 1. The summed E-state index contributed by atoms with van der Waals surface area (Å²) in [5.74, 6) is -2.45. The Bertz CT molecular complexity index is 1250. The molecular weight excluding hydrogens is 587 g/mol. The molecule has 0 bridgehead atoms. The molecule has 0 aliphatic rings. The highest BCUT2D eigenvalue weighted by molar-refractivity contribution is 8.01. The van der Waals surface area contributed by atoms with Gasteiger partial charge in [-0.2, -0.15) is 0 Å². The number of carboxylic acid groups (broad SMARTS) is 1. The third kappa shape index (κ3) is 13.4. The SMILES string of the molecule is C=CCC(C)(CCCCC)SCC(=O)NCC(=O)N[C@@H](CCC(=O)O)C(=O)Nc1cc(Cc2cc(C)cs2)ccc1CO. The number of carbonyl (C=O) groups is 4. The number of unbranched alkanes of at least 4 members (excludes halogenated alkanes) is 2. The van der Waals surface area contributed by atoms with Crippen LogP contribution in [0.1, 0.15) is 80.4 Å². The predicted octanol–water partition coefficient (Wildman–Crippen LogP) is 5.19. The molecule has 5 N–H and O–H groups in total. The van der Waals surface area contributed by atoms with Crippen molar-refractivity contribution < 1.29 is 29.4 Å². The third-order valence-electron chi connectivity index (χ3n) is 6.95. The minimum atomic E-state index is -1.15. The molecule has 0 aliphatic heterocycles. The first-order valence-electron chi connectivity index (χ1n) is 14.6. The topological polar surface area (TPSA) is 145 Å². The second-order valence-corrected chi connectivity index (χ2v) is 13.5. The number of benzene rings is 1. The zero-order valence-electron chi connectivity index (χ0n) is 25.4. The van der Waals surface area contributed by atoms with Crippen molar-refractivity contribution in [1.82, 2.24) is 10.6 Å². The molecule has 2 atom stereocenters.